The number of carbonyl (C=O) groups excluding carboxylic acids is 3. The first kappa shape index (κ1) is 77.6. The molecule has 85 heavy (non-hydrogen) atoms. The Labute approximate surface area is 514 Å². The number of unbranched alkanes of at least 4 members (excludes halogenated alkanes) is 16. The van der Waals surface area contributed by atoms with Gasteiger partial charge in [-0.25, -0.2) is 4.79 Å². The van der Waals surface area contributed by atoms with Crippen molar-refractivity contribution in [1.82, 2.24) is 0 Å². The third-order valence-corrected chi connectivity index (χ3v) is 13.9. The predicted octanol–water partition coefficient (Wildman–Crippen LogP) is 17.9. The molecule has 1 aliphatic heterocycles. The third-order valence-electron chi connectivity index (χ3n) is 13.9. The lowest BCUT2D eigenvalue weighted by molar-refractivity contribution is -0.301. The van der Waals surface area contributed by atoms with E-state index in [9.17, 15) is 34.5 Å². The van der Waals surface area contributed by atoms with Gasteiger partial charge in [0.1, 0.15) is 18.8 Å². The SMILES string of the molecule is CC/C=C\C/C=C\C/C=C\C/C=C\C/C=C\CCCC(=O)OC(COC(=O)CCCCCCCC/C=C\C/C=C\C/C=C\C/C=C\CC)COC1OC(C(=O)O)C(O)C(O)C1OC(=O)CCCCCCCC/C=C\C/C=C\C/C=C\CCCCC. The summed E-state index contributed by atoms with van der Waals surface area (Å²) in [7, 11) is 0. The van der Waals surface area contributed by atoms with E-state index in [1.165, 1.54) is 19.3 Å². The van der Waals surface area contributed by atoms with Crippen molar-refractivity contribution in [2.24, 2.45) is 0 Å². The lowest BCUT2D eigenvalue weighted by Gasteiger charge is -2.40. The highest BCUT2D eigenvalue weighted by Gasteiger charge is 2.50. The van der Waals surface area contributed by atoms with Gasteiger partial charge in [0.15, 0.2) is 24.6 Å². The van der Waals surface area contributed by atoms with Gasteiger partial charge < -0.3 is 39.0 Å². The van der Waals surface area contributed by atoms with E-state index in [4.69, 9.17) is 23.7 Å². The number of carboxylic acids is 1. The van der Waals surface area contributed by atoms with Gasteiger partial charge in [-0.2, -0.15) is 0 Å². The standard InChI is InChI=1S/C73H114O12/c1-4-7-10-13-16-19-22-25-28-31-33-36-38-41-44-47-50-53-56-59-65(74)81-62-64(83-66(75)60-57-54-51-48-45-42-39-35-30-27-24-21-18-15-12-9-6-3)63-82-73-71(69(78)68(77)70(85-73)72(79)80)84-67(76)61-58-55-52-49-46-43-40-37-34-32-29-26-23-20-17-14-11-8-5-2/h7,9-10,12,16-21,25-30,33-34,36-37,39,42,48,51,64,68-71,73,77-78H,4-6,8,11,13-15,22-24,31-32,35,38,40-41,43-47,49-50,52-63H2,1-3H3,(H,79,80)/b10-7-,12-9-,19-16-,20-17-,21-18-,28-25-,29-26-,30-27-,36-33-,37-34-,42-39-,51-48-. The van der Waals surface area contributed by atoms with E-state index in [1.807, 2.05) is 12.2 Å². The van der Waals surface area contributed by atoms with Crippen LogP contribution >= 0.6 is 0 Å². The van der Waals surface area contributed by atoms with Crippen LogP contribution in [0.25, 0.3) is 0 Å². The van der Waals surface area contributed by atoms with Crippen LogP contribution in [0.1, 0.15) is 239 Å². The second kappa shape index (κ2) is 59.0. The number of carbonyl (C=O) groups is 4. The molecule has 0 saturated carbocycles. The van der Waals surface area contributed by atoms with Crippen molar-refractivity contribution in [3.8, 4) is 0 Å². The minimum Gasteiger partial charge on any atom is -0.479 e. The van der Waals surface area contributed by atoms with Gasteiger partial charge in [0, 0.05) is 19.3 Å². The van der Waals surface area contributed by atoms with Gasteiger partial charge in [0.25, 0.3) is 0 Å². The molecule has 0 spiro atoms. The van der Waals surface area contributed by atoms with E-state index in [1.54, 1.807) is 0 Å². The normalized spacial score (nSPS) is 18.4. The first-order valence-electron chi connectivity index (χ1n) is 32.8. The molecule has 1 heterocycles. The van der Waals surface area contributed by atoms with E-state index in [2.05, 4.69) is 154 Å². The zero-order chi connectivity index (χ0) is 61.7. The maximum Gasteiger partial charge on any atom is 0.335 e. The molecule has 0 bridgehead atoms. The second-order valence-corrected chi connectivity index (χ2v) is 21.6. The number of aliphatic carboxylic acids is 1. The van der Waals surface area contributed by atoms with Crippen molar-refractivity contribution in [3.63, 3.8) is 0 Å². The van der Waals surface area contributed by atoms with Crippen LogP contribution in [0.5, 0.6) is 0 Å². The molecule has 0 aromatic carbocycles. The molecule has 1 fully saturated rings. The number of hydrogen-bond donors (Lipinski definition) is 3. The molecule has 0 aromatic heterocycles. The number of aliphatic hydroxyl groups is 2. The Balaban J connectivity index is 2.72. The Morgan fingerprint density at radius 3 is 1.16 bits per heavy atom. The Bertz CT molecular complexity index is 2030. The largest absolute Gasteiger partial charge is 0.479 e. The summed E-state index contributed by atoms with van der Waals surface area (Å²) in [4.78, 5) is 51.4. The van der Waals surface area contributed by atoms with Gasteiger partial charge >= 0.3 is 23.9 Å². The van der Waals surface area contributed by atoms with Crippen molar-refractivity contribution >= 4 is 23.9 Å². The van der Waals surface area contributed by atoms with Crippen LogP contribution in [0.15, 0.2) is 146 Å². The summed E-state index contributed by atoms with van der Waals surface area (Å²) in [6.45, 7) is 5.68. The van der Waals surface area contributed by atoms with Gasteiger partial charge in [-0.3, -0.25) is 14.4 Å². The van der Waals surface area contributed by atoms with Crippen LogP contribution in [-0.4, -0.2) is 89.2 Å². The van der Waals surface area contributed by atoms with Crippen LogP contribution in [0.2, 0.25) is 0 Å². The van der Waals surface area contributed by atoms with Crippen LogP contribution < -0.4 is 0 Å². The molecule has 0 radical (unpaired) electrons. The molecule has 1 saturated heterocycles. The zero-order valence-corrected chi connectivity index (χ0v) is 52.8. The molecule has 0 amide bonds. The van der Waals surface area contributed by atoms with E-state index in [-0.39, 0.29) is 25.9 Å². The summed E-state index contributed by atoms with van der Waals surface area (Å²) >= 11 is 0. The Morgan fingerprint density at radius 1 is 0.400 bits per heavy atom. The molecule has 12 nitrogen and oxygen atoms in total. The molecule has 6 atom stereocenters. The average molecular weight is 1180 g/mol. The molecule has 478 valence electrons. The van der Waals surface area contributed by atoms with Crippen molar-refractivity contribution < 1.29 is 58.2 Å². The number of aliphatic hydroxyl groups excluding tert-OH is 2. The average Bonchev–Trinajstić information content (AvgIpc) is 3.53. The summed E-state index contributed by atoms with van der Waals surface area (Å²) < 4.78 is 28.5. The van der Waals surface area contributed by atoms with E-state index >= 15 is 0 Å². The summed E-state index contributed by atoms with van der Waals surface area (Å²) in [5, 5.41) is 31.6. The van der Waals surface area contributed by atoms with Gasteiger partial charge in [0.2, 0.25) is 0 Å². The lowest BCUT2D eigenvalue weighted by Crippen LogP contribution is -2.61. The highest BCUT2D eigenvalue weighted by atomic mass is 16.7. The quantitative estimate of drug-likeness (QED) is 0.0228. The summed E-state index contributed by atoms with van der Waals surface area (Å²) in [5.74, 6) is -3.25. The fourth-order valence-corrected chi connectivity index (χ4v) is 8.93. The number of esters is 3. The molecule has 6 unspecified atom stereocenters. The molecule has 3 N–H and O–H groups in total. The molecule has 0 aliphatic carbocycles. The minimum atomic E-state index is -1.93. The van der Waals surface area contributed by atoms with Gasteiger partial charge in [-0.05, 0) is 135 Å². The predicted molar refractivity (Wildman–Crippen MR) is 349 cm³/mol. The fourth-order valence-electron chi connectivity index (χ4n) is 8.93. The smallest absolute Gasteiger partial charge is 0.335 e. The topological polar surface area (TPSA) is 175 Å². The number of hydrogen-bond acceptors (Lipinski definition) is 11. The van der Waals surface area contributed by atoms with Gasteiger partial charge in [-0.15, -0.1) is 0 Å². The summed E-state index contributed by atoms with van der Waals surface area (Å²) in [6.07, 6.45) is 72.3. The Morgan fingerprint density at radius 2 is 0.753 bits per heavy atom. The maximum atomic E-state index is 13.2. The summed E-state index contributed by atoms with van der Waals surface area (Å²) in [5.41, 5.74) is 0. The number of ether oxygens (including phenoxy) is 5. The number of rotatable bonds is 54. The van der Waals surface area contributed by atoms with Gasteiger partial charge in [-0.1, -0.05) is 231 Å². The van der Waals surface area contributed by atoms with Crippen molar-refractivity contribution in [2.75, 3.05) is 13.2 Å². The van der Waals surface area contributed by atoms with Crippen LogP contribution in [0, 0.1) is 0 Å². The van der Waals surface area contributed by atoms with Crippen LogP contribution in [0.4, 0.5) is 0 Å². The van der Waals surface area contributed by atoms with Crippen LogP contribution in [-0.2, 0) is 42.9 Å². The second-order valence-electron chi connectivity index (χ2n) is 21.6. The highest BCUT2D eigenvalue weighted by molar-refractivity contribution is 5.74. The monoisotopic (exact) mass is 1180 g/mol. The van der Waals surface area contributed by atoms with Crippen LogP contribution in [0.3, 0.4) is 0 Å². The molecule has 1 aliphatic rings. The van der Waals surface area contributed by atoms with E-state index < -0.39 is 67.3 Å². The lowest BCUT2D eigenvalue weighted by atomic mass is 9.98. The van der Waals surface area contributed by atoms with E-state index in [0.29, 0.717) is 25.7 Å². The molecular formula is C73H114O12. The molecular weight excluding hydrogens is 1070 g/mol. The third kappa shape index (κ3) is 48.4. The number of allylic oxidation sites excluding steroid dienone is 24. The van der Waals surface area contributed by atoms with Crippen molar-refractivity contribution in [1.29, 1.82) is 0 Å². The summed E-state index contributed by atoms with van der Waals surface area (Å²) in [6, 6.07) is 0. The fraction of sp³-hybridized carbons (Fsp3) is 0.616. The number of carboxylic acid groups (broad SMARTS) is 1. The zero-order valence-electron chi connectivity index (χ0n) is 52.8. The van der Waals surface area contributed by atoms with Crippen molar-refractivity contribution in [2.45, 2.75) is 276 Å². The first-order valence-corrected chi connectivity index (χ1v) is 32.8. The minimum absolute atomic E-state index is 0.0296. The Hall–Kier alpha value is -5.40. The Kier molecular flexibility index (Phi) is 53.8. The highest BCUT2D eigenvalue weighted by Crippen LogP contribution is 2.26. The van der Waals surface area contributed by atoms with E-state index in [0.717, 1.165) is 154 Å². The molecule has 1 rings (SSSR count). The first-order chi connectivity index (χ1) is 41.6. The molecule has 12 heteroatoms. The van der Waals surface area contributed by atoms with Gasteiger partial charge in [0.05, 0.1) is 6.61 Å². The van der Waals surface area contributed by atoms with Crippen molar-refractivity contribution in [3.05, 3.63) is 146 Å². The molecule has 0 aromatic rings. The maximum absolute atomic E-state index is 13.2.